The first-order valence-electron chi connectivity index (χ1n) is 7.86. The number of hydrogen-bond donors (Lipinski definition) is 1. The third-order valence-corrected chi connectivity index (χ3v) is 5.77. The van der Waals surface area contributed by atoms with E-state index >= 15 is 0 Å². The smallest absolute Gasteiger partial charge is 0.379 e. The molecule has 2 aromatic carbocycles. The van der Waals surface area contributed by atoms with Crippen molar-refractivity contribution in [3.63, 3.8) is 0 Å². The van der Waals surface area contributed by atoms with E-state index < -0.39 is 11.8 Å². The molecule has 0 amide bonds. The standard InChI is InChI=1S/C18H11Cl2N3O3S/c19-10-5-12(20)17-13(6-10)21-14(27-17)8-23-7-9-3-1-2-4-11(9)15(22-23)16(24)18(25)26/h1-6H,7-8H2,(H,25,26). The summed E-state index contributed by atoms with van der Waals surface area (Å²) in [6.07, 6.45) is 0. The van der Waals surface area contributed by atoms with Crippen LogP contribution in [0.4, 0.5) is 0 Å². The third kappa shape index (κ3) is 3.41. The van der Waals surface area contributed by atoms with Crippen LogP contribution in [0.5, 0.6) is 0 Å². The van der Waals surface area contributed by atoms with E-state index in [4.69, 9.17) is 28.3 Å². The van der Waals surface area contributed by atoms with Gasteiger partial charge in [0.25, 0.3) is 5.78 Å². The van der Waals surface area contributed by atoms with E-state index in [-0.39, 0.29) is 5.71 Å². The van der Waals surface area contributed by atoms with Crippen molar-refractivity contribution in [2.24, 2.45) is 5.10 Å². The van der Waals surface area contributed by atoms with Gasteiger partial charge in [0.15, 0.2) is 0 Å². The van der Waals surface area contributed by atoms with Crippen LogP contribution >= 0.6 is 34.5 Å². The molecule has 27 heavy (non-hydrogen) atoms. The second-order valence-corrected chi connectivity index (χ2v) is 7.83. The lowest BCUT2D eigenvalue weighted by Gasteiger charge is -2.25. The van der Waals surface area contributed by atoms with E-state index in [1.807, 2.05) is 12.1 Å². The molecule has 0 saturated heterocycles. The molecule has 6 nitrogen and oxygen atoms in total. The van der Waals surface area contributed by atoms with Gasteiger partial charge in [-0.3, -0.25) is 9.80 Å². The number of rotatable bonds is 4. The van der Waals surface area contributed by atoms with E-state index in [0.717, 1.165) is 15.3 Å². The summed E-state index contributed by atoms with van der Waals surface area (Å²) in [6, 6.07) is 10.5. The Kier molecular flexibility index (Phi) is 4.59. The first kappa shape index (κ1) is 17.9. The number of thiazole rings is 1. The van der Waals surface area contributed by atoms with Gasteiger partial charge in [0, 0.05) is 10.6 Å². The number of aromatic nitrogens is 1. The molecule has 0 radical (unpaired) electrons. The molecular weight excluding hydrogens is 409 g/mol. The SMILES string of the molecule is O=C(O)C(=O)C1=NN(Cc2nc3cc(Cl)cc(Cl)c3s2)Cc2ccccc21. The van der Waals surface area contributed by atoms with Crippen molar-refractivity contribution in [3.05, 3.63) is 62.6 Å². The highest BCUT2D eigenvalue weighted by Crippen LogP contribution is 2.33. The molecule has 0 aliphatic carbocycles. The lowest BCUT2D eigenvalue weighted by molar-refractivity contribution is -0.145. The maximum Gasteiger partial charge on any atom is 0.379 e. The first-order chi connectivity index (χ1) is 12.9. The number of Topliss-reactive ketones (excluding diaryl/α,β-unsaturated/α-hetero) is 1. The molecule has 0 saturated carbocycles. The van der Waals surface area contributed by atoms with Crippen LogP contribution < -0.4 is 0 Å². The van der Waals surface area contributed by atoms with Gasteiger partial charge in [-0.15, -0.1) is 11.3 Å². The van der Waals surface area contributed by atoms with Gasteiger partial charge in [0.1, 0.15) is 10.7 Å². The number of ketones is 1. The fourth-order valence-corrected chi connectivity index (χ4v) is 4.46. The maximum absolute atomic E-state index is 12.1. The summed E-state index contributed by atoms with van der Waals surface area (Å²) in [5.74, 6) is -2.57. The van der Waals surface area contributed by atoms with E-state index in [0.29, 0.717) is 34.2 Å². The lowest BCUT2D eigenvalue weighted by atomic mass is 9.98. The minimum Gasteiger partial charge on any atom is -0.475 e. The van der Waals surface area contributed by atoms with Crippen molar-refractivity contribution >= 4 is 62.2 Å². The van der Waals surface area contributed by atoms with Crippen molar-refractivity contribution in [1.82, 2.24) is 9.99 Å². The number of halogens is 2. The highest BCUT2D eigenvalue weighted by atomic mass is 35.5. The Morgan fingerprint density at radius 3 is 2.78 bits per heavy atom. The Balaban J connectivity index is 1.70. The van der Waals surface area contributed by atoms with Crippen molar-refractivity contribution in [2.75, 3.05) is 0 Å². The summed E-state index contributed by atoms with van der Waals surface area (Å²) < 4.78 is 0.819. The molecule has 0 spiro atoms. The van der Waals surface area contributed by atoms with E-state index in [2.05, 4.69) is 10.1 Å². The van der Waals surface area contributed by atoms with Crippen molar-refractivity contribution in [2.45, 2.75) is 13.1 Å². The molecule has 1 aliphatic rings. The van der Waals surface area contributed by atoms with Gasteiger partial charge in [-0.25, -0.2) is 9.78 Å². The summed E-state index contributed by atoms with van der Waals surface area (Å²) in [6.45, 7) is 0.759. The number of aliphatic carboxylic acids is 1. The van der Waals surface area contributed by atoms with Gasteiger partial charge in [-0.05, 0) is 17.7 Å². The average molecular weight is 420 g/mol. The second kappa shape index (κ2) is 6.92. The topological polar surface area (TPSA) is 82.9 Å². The predicted molar refractivity (Wildman–Crippen MR) is 105 cm³/mol. The molecule has 2 heterocycles. The monoisotopic (exact) mass is 419 g/mol. The highest BCUT2D eigenvalue weighted by molar-refractivity contribution is 7.19. The lowest BCUT2D eigenvalue weighted by Crippen LogP contribution is -2.33. The van der Waals surface area contributed by atoms with E-state index in [9.17, 15) is 9.59 Å². The quantitative estimate of drug-likeness (QED) is 0.646. The normalized spacial score (nSPS) is 13.4. The first-order valence-corrected chi connectivity index (χ1v) is 9.43. The molecular formula is C18H11Cl2N3O3S. The molecule has 1 N–H and O–H groups in total. The number of carboxylic acid groups (broad SMARTS) is 1. The van der Waals surface area contributed by atoms with Gasteiger partial charge < -0.3 is 5.11 Å². The molecule has 0 fully saturated rings. The van der Waals surface area contributed by atoms with Gasteiger partial charge in [0.2, 0.25) is 0 Å². The molecule has 0 unspecified atom stereocenters. The van der Waals surface area contributed by atoms with E-state index in [1.54, 1.807) is 29.3 Å². The maximum atomic E-state index is 12.1. The number of carboxylic acids is 1. The van der Waals surface area contributed by atoms with Crippen LogP contribution in [-0.2, 0) is 22.7 Å². The molecule has 136 valence electrons. The Labute approximate surface area is 167 Å². The zero-order chi connectivity index (χ0) is 19.1. The Morgan fingerprint density at radius 1 is 1.22 bits per heavy atom. The number of benzene rings is 2. The van der Waals surface area contributed by atoms with Crippen molar-refractivity contribution in [1.29, 1.82) is 0 Å². The van der Waals surface area contributed by atoms with Crippen LogP contribution in [0.25, 0.3) is 10.2 Å². The molecule has 4 rings (SSSR count). The zero-order valence-corrected chi connectivity index (χ0v) is 16.0. The number of fused-ring (bicyclic) bond motifs is 2. The Bertz CT molecular complexity index is 1130. The summed E-state index contributed by atoms with van der Waals surface area (Å²) >= 11 is 13.6. The average Bonchev–Trinajstić information content (AvgIpc) is 3.03. The number of carbonyl (C=O) groups is 2. The second-order valence-electron chi connectivity index (χ2n) is 5.91. The molecule has 0 bridgehead atoms. The van der Waals surface area contributed by atoms with Crippen molar-refractivity contribution < 1.29 is 14.7 Å². The number of carbonyl (C=O) groups excluding carboxylic acids is 1. The van der Waals surface area contributed by atoms with Crippen LogP contribution in [0.2, 0.25) is 10.0 Å². The fourth-order valence-electron chi connectivity index (χ4n) is 2.91. The fraction of sp³-hybridized carbons (Fsp3) is 0.111. The minimum absolute atomic E-state index is 0.0773. The van der Waals surface area contributed by atoms with Crippen LogP contribution in [0, 0.1) is 0 Å². The molecule has 9 heteroatoms. The largest absolute Gasteiger partial charge is 0.475 e. The van der Waals surface area contributed by atoms with Crippen LogP contribution in [0.3, 0.4) is 0 Å². The van der Waals surface area contributed by atoms with Gasteiger partial charge >= 0.3 is 5.97 Å². The number of hydrazone groups is 1. The molecule has 3 aromatic rings. The summed E-state index contributed by atoms with van der Waals surface area (Å²) in [5.41, 5.74) is 1.99. The van der Waals surface area contributed by atoms with Crippen LogP contribution in [-0.4, -0.2) is 32.6 Å². The Morgan fingerprint density at radius 2 is 2.00 bits per heavy atom. The molecule has 1 aromatic heterocycles. The van der Waals surface area contributed by atoms with E-state index in [1.165, 1.54) is 11.3 Å². The van der Waals surface area contributed by atoms with Gasteiger partial charge in [-0.1, -0.05) is 47.5 Å². The molecule has 0 atom stereocenters. The summed E-state index contributed by atoms with van der Waals surface area (Å²) in [4.78, 5) is 27.8. The number of nitrogens with zero attached hydrogens (tertiary/aromatic N) is 3. The van der Waals surface area contributed by atoms with Crippen LogP contribution in [0.1, 0.15) is 16.1 Å². The predicted octanol–water partition coefficient (Wildman–Crippen LogP) is 3.98. The zero-order valence-electron chi connectivity index (χ0n) is 13.6. The summed E-state index contributed by atoms with van der Waals surface area (Å²) in [5, 5.41) is 16.8. The Hall–Kier alpha value is -2.48. The van der Waals surface area contributed by atoms with Gasteiger partial charge in [0.05, 0.1) is 28.3 Å². The number of hydrogen-bond acceptors (Lipinski definition) is 6. The minimum atomic E-state index is -1.54. The van der Waals surface area contributed by atoms with Gasteiger partial charge in [-0.2, -0.15) is 5.10 Å². The molecule has 1 aliphatic heterocycles. The van der Waals surface area contributed by atoms with Crippen LogP contribution in [0.15, 0.2) is 41.5 Å². The summed E-state index contributed by atoms with van der Waals surface area (Å²) in [7, 11) is 0. The highest BCUT2D eigenvalue weighted by Gasteiger charge is 2.28. The van der Waals surface area contributed by atoms with Crippen molar-refractivity contribution in [3.8, 4) is 0 Å². The third-order valence-electron chi connectivity index (χ3n) is 4.05.